The van der Waals surface area contributed by atoms with E-state index >= 15 is 0 Å². The first-order valence-electron chi connectivity index (χ1n) is 11.7. The lowest BCUT2D eigenvalue weighted by atomic mass is 9.98. The molecule has 0 aromatic heterocycles. The summed E-state index contributed by atoms with van der Waals surface area (Å²) in [6, 6.07) is 0. The van der Waals surface area contributed by atoms with Crippen molar-refractivity contribution in [3.8, 4) is 0 Å². The zero-order chi connectivity index (χ0) is 26.5. The van der Waals surface area contributed by atoms with Crippen molar-refractivity contribution in [2.75, 3.05) is 14.2 Å². The molecule has 8 nitrogen and oxygen atoms in total. The predicted molar refractivity (Wildman–Crippen MR) is 127 cm³/mol. The van der Waals surface area contributed by atoms with Gasteiger partial charge in [-0.2, -0.15) is 0 Å². The van der Waals surface area contributed by atoms with Crippen LogP contribution in [0.15, 0.2) is 12.7 Å². The van der Waals surface area contributed by atoms with Crippen molar-refractivity contribution in [2.24, 2.45) is 22.7 Å². The van der Waals surface area contributed by atoms with Crippen LogP contribution < -0.4 is 0 Å². The molecule has 0 heterocycles. The minimum absolute atomic E-state index is 0.0162. The van der Waals surface area contributed by atoms with Crippen molar-refractivity contribution in [1.82, 2.24) is 0 Å². The van der Waals surface area contributed by atoms with Crippen LogP contribution in [0.3, 0.4) is 0 Å². The fourth-order valence-electron chi connectivity index (χ4n) is 4.28. The van der Waals surface area contributed by atoms with E-state index in [1.54, 1.807) is 26.8 Å². The molecule has 0 bridgehead atoms. The van der Waals surface area contributed by atoms with E-state index in [0.717, 1.165) is 12.8 Å². The lowest BCUT2D eigenvalue weighted by molar-refractivity contribution is -0.162. The maximum absolute atomic E-state index is 11.8. The zero-order valence-corrected chi connectivity index (χ0v) is 22.2. The number of rotatable bonds is 8. The highest BCUT2D eigenvalue weighted by Crippen LogP contribution is 2.58. The highest BCUT2D eigenvalue weighted by molar-refractivity contribution is 5.87. The summed E-state index contributed by atoms with van der Waals surface area (Å²) >= 11 is 0. The average molecular weight is 483 g/mol. The van der Waals surface area contributed by atoms with E-state index in [1.807, 2.05) is 27.7 Å². The van der Waals surface area contributed by atoms with Crippen LogP contribution in [0.2, 0.25) is 0 Å². The van der Waals surface area contributed by atoms with E-state index in [4.69, 9.17) is 18.9 Å². The molecule has 2 aliphatic carbocycles. The summed E-state index contributed by atoms with van der Waals surface area (Å²) in [6.07, 6.45) is 4.13. The quantitative estimate of drug-likeness (QED) is 0.285. The number of carbonyl (C=O) groups is 4. The van der Waals surface area contributed by atoms with E-state index in [-0.39, 0.29) is 48.6 Å². The number of hydrogen-bond acceptors (Lipinski definition) is 8. The van der Waals surface area contributed by atoms with Crippen LogP contribution in [0.5, 0.6) is 0 Å². The highest BCUT2D eigenvalue weighted by atomic mass is 16.6. The van der Waals surface area contributed by atoms with Crippen molar-refractivity contribution in [3.05, 3.63) is 12.7 Å². The van der Waals surface area contributed by atoms with Gasteiger partial charge in [0.15, 0.2) is 0 Å². The molecule has 8 heteroatoms. The number of esters is 4. The lowest BCUT2D eigenvalue weighted by Crippen LogP contribution is -2.29. The van der Waals surface area contributed by atoms with Crippen molar-refractivity contribution in [3.63, 3.8) is 0 Å². The summed E-state index contributed by atoms with van der Waals surface area (Å²) in [6.45, 7) is 16.5. The van der Waals surface area contributed by atoms with Crippen LogP contribution in [-0.4, -0.2) is 49.3 Å². The number of carbonyl (C=O) groups excluding carboxylic acids is 4. The fraction of sp³-hybridized carbons (Fsp3) is 0.769. The van der Waals surface area contributed by atoms with Gasteiger partial charge >= 0.3 is 23.9 Å². The van der Waals surface area contributed by atoms with Crippen LogP contribution in [0.4, 0.5) is 0 Å². The van der Waals surface area contributed by atoms with Crippen LogP contribution in [0.25, 0.3) is 0 Å². The number of allylic oxidation sites excluding steroid dienone is 1. The zero-order valence-electron chi connectivity index (χ0n) is 22.2. The van der Waals surface area contributed by atoms with Crippen LogP contribution in [-0.2, 0) is 38.1 Å². The predicted octanol–water partition coefficient (Wildman–Crippen LogP) is 4.39. The van der Waals surface area contributed by atoms with Crippen molar-refractivity contribution >= 4 is 23.9 Å². The second kappa shape index (κ2) is 10.9. The summed E-state index contributed by atoms with van der Waals surface area (Å²) in [5.41, 5.74) is -2.40. The third kappa shape index (κ3) is 7.84. The van der Waals surface area contributed by atoms with Gasteiger partial charge in [0.2, 0.25) is 0 Å². The molecular formula is C26H42O8. The van der Waals surface area contributed by atoms with Gasteiger partial charge in [-0.15, -0.1) is 6.58 Å². The second-order valence-electron chi connectivity index (χ2n) is 11.2. The molecule has 2 aliphatic rings. The van der Waals surface area contributed by atoms with Crippen LogP contribution in [0.1, 0.15) is 80.6 Å². The Morgan fingerprint density at radius 2 is 1.24 bits per heavy atom. The monoisotopic (exact) mass is 482 g/mol. The van der Waals surface area contributed by atoms with Crippen LogP contribution in [0, 0.1) is 22.7 Å². The number of methoxy groups -OCH3 is 2. The Bertz CT molecular complexity index is 788. The summed E-state index contributed by atoms with van der Waals surface area (Å²) in [5, 5.41) is 0. The Balaban J connectivity index is 0.000000340. The summed E-state index contributed by atoms with van der Waals surface area (Å²) in [7, 11) is 2.70. The largest absolute Gasteiger partial charge is 0.469 e. The molecule has 2 saturated carbocycles. The molecule has 0 radical (unpaired) electrons. The molecule has 2 rings (SSSR count). The lowest BCUT2D eigenvalue weighted by Gasteiger charge is -2.21. The topological polar surface area (TPSA) is 105 Å². The van der Waals surface area contributed by atoms with Gasteiger partial charge in [0, 0.05) is 0 Å². The molecule has 34 heavy (non-hydrogen) atoms. The minimum Gasteiger partial charge on any atom is -0.469 e. The minimum atomic E-state index is -0.737. The summed E-state index contributed by atoms with van der Waals surface area (Å²) in [4.78, 5) is 46.9. The van der Waals surface area contributed by atoms with E-state index in [0.29, 0.717) is 6.42 Å². The molecule has 194 valence electrons. The Kier molecular flexibility index (Phi) is 9.52. The second-order valence-corrected chi connectivity index (χ2v) is 11.2. The van der Waals surface area contributed by atoms with E-state index < -0.39 is 22.0 Å². The Hall–Kier alpha value is -2.38. The average Bonchev–Trinajstić information content (AvgIpc) is 3.59. The molecule has 0 N–H and O–H groups in total. The molecule has 0 unspecified atom stereocenters. The van der Waals surface area contributed by atoms with E-state index in [1.165, 1.54) is 14.2 Å². The molecule has 0 saturated heterocycles. The highest BCUT2D eigenvalue weighted by Gasteiger charge is 2.62. The molecule has 0 aliphatic heterocycles. The normalized spacial score (nSPS) is 27.3. The Labute approximate surface area is 203 Å². The Morgan fingerprint density at radius 1 is 0.824 bits per heavy atom. The molecule has 0 spiro atoms. The molecular weight excluding hydrogens is 440 g/mol. The van der Waals surface area contributed by atoms with E-state index in [9.17, 15) is 19.2 Å². The molecule has 2 fully saturated rings. The van der Waals surface area contributed by atoms with Gasteiger partial charge in [-0.1, -0.05) is 19.4 Å². The first-order valence-corrected chi connectivity index (χ1v) is 11.7. The molecule has 0 aromatic rings. The van der Waals surface area contributed by atoms with Gasteiger partial charge in [-0.3, -0.25) is 19.2 Å². The molecule has 0 amide bonds. The number of hydrogen-bond donors (Lipinski definition) is 0. The maximum atomic E-state index is 11.8. The van der Waals surface area contributed by atoms with Crippen molar-refractivity contribution < 1.29 is 38.1 Å². The van der Waals surface area contributed by atoms with Crippen LogP contribution >= 0.6 is 0 Å². The standard InChI is InChI=1S/C13H22O4.C13H20O4/c2*1-6-9-7-13(9,11(15)16-5)8-10(14)17-12(2,3)4/h9H,6-8H2,1-5H3;6,9H,1,7-8H2,2-5H3/t2*9-,13-/m11/s1. The maximum Gasteiger partial charge on any atom is 0.313 e. The smallest absolute Gasteiger partial charge is 0.313 e. The van der Waals surface area contributed by atoms with Gasteiger partial charge in [0.05, 0.1) is 37.9 Å². The van der Waals surface area contributed by atoms with Gasteiger partial charge in [-0.25, -0.2) is 0 Å². The molecule has 4 atom stereocenters. The van der Waals surface area contributed by atoms with Crippen molar-refractivity contribution in [2.45, 2.75) is 91.8 Å². The van der Waals surface area contributed by atoms with Gasteiger partial charge in [-0.05, 0) is 66.2 Å². The van der Waals surface area contributed by atoms with Gasteiger partial charge in [0.1, 0.15) is 11.2 Å². The first-order chi connectivity index (χ1) is 15.5. The van der Waals surface area contributed by atoms with Gasteiger partial charge < -0.3 is 18.9 Å². The SMILES string of the molecule is C=C[C@@H]1C[C@]1(CC(=O)OC(C)(C)C)C(=O)OC.CC[C@@H]1C[C@]1(CC(=O)OC(C)(C)C)C(=O)OC. The summed E-state index contributed by atoms with van der Waals surface area (Å²) in [5.74, 6) is -1.06. The number of ether oxygens (including phenoxy) is 4. The van der Waals surface area contributed by atoms with E-state index in [2.05, 4.69) is 6.58 Å². The third-order valence-corrected chi connectivity index (χ3v) is 6.09. The third-order valence-electron chi connectivity index (χ3n) is 6.09. The summed E-state index contributed by atoms with van der Waals surface area (Å²) < 4.78 is 20.0. The fourth-order valence-corrected chi connectivity index (χ4v) is 4.28. The van der Waals surface area contributed by atoms with Gasteiger partial charge in [0.25, 0.3) is 0 Å². The molecule has 0 aromatic carbocycles. The Morgan fingerprint density at radius 3 is 1.53 bits per heavy atom. The first kappa shape index (κ1) is 29.7. The van der Waals surface area contributed by atoms with Crippen molar-refractivity contribution in [1.29, 1.82) is 0 Å².